The maximum absolute atomic E-state index is 6.19. The number of nitrogens with zero attached hydrogens (tertiary/aromatic N) is 2. The Balaban J connectivity index is 2.38. The normalized spacial score (nSPS) is 10.7. The molecule has 0 spiro atoms. The summed E-state index contributed by atoms with van der Waals surface area (Å²) in [7, 11) is 0. The Morgan fingerprint density at radius 1 is 0.947 bits per heavy atom. The topological polar surface area (TPSA) is 25.8 Å². The number of halogens is 1. The molecule has 3 heteroatoms. The van der Waals surface area contributed by atoms with Gasteiger partial charge in [-0.2, -0.15) is 0 Å². The third-order valence-corrected chi connectivity index (χ3v) is 3.48. The van der Waals surface area contributed by atoms with Gasteiger partial charge in [0, 0.05) is 11.1 Å². The Bertz CT molecular complexity index is 535. The fraction of sp³-hybridized carbons (Fsp3) is 0.375. The highest BCUT2D eigenvalue weighted by atomic mass is 35.5. The van der Waals surface area contributed by atoms with Gasteiger partial charge in [0.05, 0.1) is 5.69 Å². The zero-order valence-corrected chi connectivity index (χ0v) is 12.2. The van der Waals surface area contributed by atoms with Crippen LogP contribution in [0.4, 0.5) is 0 Å². The van der Waals surface area contributed by atoms with Gasteiger partial charge in [-0.05, 0) is 18.4 Å². The van der Waals surface area contributed by atoms with E-state index in [1.54, 1.807) is 0 Å². The van der Waals surface area contributed by atoms with E-state index in [2.05, 4.69) is 48.1 Å². The third-order valence-electron chi connectivity index (χ3n) is 3.16. The molecule has 1 aromatic heterocycles. The van der Waals surface area contributed by atoms with E-state index in [0.29, 0.717) is 5.15 Å². The van der Waals surface area contributed by atoms with Gasteiger partial charge in [-0.25, -0.2) is 9.97 Å². The van der Waals surface area contributed by atoms with Gasteiger partial charge in [0.25, 0.3) is 0 Å². The molecule has 0 aliphatic heterocycles. The molecule has 0 N–H and O–H groups in total. The second-order valence-corrected chi connectivity index (χ2v) is 5.05. The van der Waals surface area contributed by atoms with Crippen LogP contribution in [0.2, 0.25) is 5.15 Å². The Labute approximate surface area is 119 Å². The standard InChI is InChI=1S/C16H19ClN2/c1-3-5-12-7-9-13(10-8-12)15-14(6-4-2)16(17)19-11-18-15/h7-11H,3-6H2,1-2H3. The Kier molecular flexibility index (Phi) is 4.92. The van der Waals surface area contributed by atoms with Gasteiger partial charge in [0.15, 0.2) is 0 Å². The summed E-state index contributed by atoms with van der Waals surface area (Å²) in [5, 5.41) is 0.574. The van der Waals surface area contributed by atoms with E-state index < -0.39 is 0 Å². The van der Waals surface area contributed by atoms with E-state index in [1.165, 1.54) is 18.3 Å². The third kappa shape index (κ3) is 3.32. The summed E-state index contributed by atoms with van der Waals surface area (Å²) in [6.07, 6.45) is 5.77. The van der Waals surface area contributed by atoms with Crippen molar-refractivity contribution < 1.29 is 0 Å². The highest BCUT2D eigenvalue weighted by Crippen LogP contribution is 2.27. The summed E-state index contributed by atoms with van der Waals surface area (Å²) < 4.78 is 0. The fourth-order valence-electron chi connectivity index (χ4n) is 2.23. The number of benzene rings is 1. The van der Waals surface area contributed by atoms with E-state index >= 15 is 0 Å². The van der Waals surface area contributed by atoms with Gasteiger partial charge in [-0.15, -0.1) is 0 Å². The van der Waals surface area contributed by atoms with Gasteiger partial charge >= 0.3 is 0 Å². The van der Waals surface area contributed by atoms with Crippen molar-refractivity contribution in [2.24, 2.45) is 0 Å². The molecule has 0 amide bonds. The van der Waals surface area contributed by atoms with Crippen LogP contribution in [0.15, 0.2) is 30.6 Å². The zero-order chi connectivity index (χ0) is 13.7. The van der Waals surface area contributed by atoms with Crippen LogP contribution in [-0.4, -0.2) is 9.97 Å². The number of aromatic nitrogens is 2. The maximum atomic E-state index is 6.19. The minimum Gasteiger partial charge on any atom is -0.236 e. The predicted octanol–water partition coefficient (Wildman–Crippen LogP) is 4.70. The molecule has 0 saturated heterocycles. The van der Waals surface area contributed by atoms with Crippen molar-refractivity contribution in [3.8, 4) is 11.3 Å². The Morgan fingerprint density at radius 2 is 1.63 bits per heavy atom. The zero-order valence-electron chi connectivity index (χ0n) is 11.5. The summed E-state index contributed by atoms with van der Waals surface area (Å²) >= 11 is 6.19. The lowest BCUT2D eigenvalue weighted by atomic mass is 10.0. The van der Waals surface area contributed by atoms with Crippen molar-refractivity contribution in [1.82, 2.24) is 9.97 Å². The number of rotatable bonds is 5. The Hall–Kier alpha value is -1.41. The summed E-state index contributed by atoms with van der Waals surface area (Å²) in [6, 6.07) is 8.60. The fourth-order valence-corrected chi connectivity index (χ4v) is 2.46. The van der Waals surface area contributed by atoms with Crippen LogP contribution >= 0.6 is 11.6 Å². The van der Waals surface area contributed by atoms with Crippen LogP contribution in [0.1, 0.15) is 37.8 Å². The molecule has 0 fully saturated rings. The predicted molar refractivity (Wildman–Crippen MR) is 80.5 cm³/mol. The molecule has 2 nitrogen and oxygen atoms in total. The molecule has 19 heavy (non-hydrogen) atoms. The average Bonchev–Trinajstić information content (AvgIpc) is 2.43. The first-order valence-electron chi connectivity index (χ1n) is 6.85. The van der Waals surface area contributed by atoms with Crippen molar-refractivity contribution in [1.29, 1.82) is 0 Å². The first-order valence-corrected chi connectivity index (χ1v) is 7.22. The monoisotopic (exact) mass is 274 g/mol. The minimum absolute atomic E-state index is 0.574. The quantitative estimate of drug-likeness (QED) is 0.739. The summed E-state index contributed by atoms with van der Waals surface area (Å²) in [4.78, 5) is 8.49. The van der Waals surface area contributed by atoms with Crippen molar-refractivity contribution in [3.63, 3.8) is 0 Å². The van der Waals surface area contributed by atoms with Crippen molar-refractivity contribution in [3.05, 3.63) is 46.9 Å². The van der Waals surface area contributed by atoms with Crippen LogP contribution in [0.25, 0.3) is 11.3 Å². The molecule has 0 aliphatic rings. The van der Waals surface area contributed by atoms with Crippen molar-refractivity contribution in [2.45, 2.75) is 39.5 Å². The molecule has 0 bridgehead atoms. The molecule has 0 atom stereocenters. The molecule has 0 radical (unpaired) electrons. The molecule has 1 aromatic carbocycles. The van der Waals surface area contributed by atoms with E-state index in [-0.39, 0.29) is 0 Å². The van der Waals surface area contributed by atoms with E-state index in [4.69, 9.17) is 11.6 Å². The van der Waals surface area contributed by atoms with Crippen LogP contribution in [0.3, 0.4) is 0 Å². The van der Waals surface area contributed by atoms with E-state index in [1.807, 2.05) is 0 Å². The Morgan fingerprint density at radius 3 is 2.26 bits per heavy atom. The molecule has 100 valence electrons. The molecule has 0 unspecified atom stereocenters. The van der Waals surface area contributed by atoms with Crippen LogP contribution in [-0.2, 0) is 12.8 Å². The van der Waals surface area contributed by atoms with Gasteiger partial charge in [-0.3, -0.25) is 0 Å². The van der Waals surface area contributed by atoms with Crippen molar-refractivity contribution >= 4 is 11.6 Å². The maximum Gasteiger partial charge on any atom is 0.136 e. The van der Waals surface area contributed by atoms with Crippen LogP contribution in [0.5, 0.6) is 0 Å². The largest absolute Gasteiger partial charge is 0.236 e. The highest BCUT2D eigenvalue weighted by Gasteiger charge is 2.10. The summed E-state index contributed by atoms with van der Waals surface area (Å²) in [5.41, 5.74) is 4.50. The molecule has 0 saturated carbocycles. The van der Waals surface area contributed by atoms with Gasteiger partial charge in [0.1, 0.15) is 11.5 Å². The van der Waals surface area contributed by atoms with E-state index in [0.717, 1.165) is 36.1 Å². The summed E-state index contributed by atoms with van der Waals surface area (Å²) in [6.45, 7) is 4.33. The molecular weight excluding hydrogens is 256 g/mol. The number of hydrogen-bond acceptors (Lipinski definition) is 2. The lowest BCUT2D eigenvalue weighted by Crippen LogP contribution is -1.97. The molecule has 2 rings (SSSR count). The van der Waals surface area contributed by atoms with Gasteiger partial charge < -0.3 is 0 Å². The second-order valence-electron chi connectivity index (χ2n) is 4.69. The number of aryl methyl sites for hydroxylation is 1. The van der Waals surface area contributed by atoms with Crippen LogP contribution in [0, 0.1) is 0 Å². The first kappa shape index (κ1) is 14.0. The van der Waals surface area contributed by atoms with E-state index in [9.17, 15) is 0 Å². The van der Waals surface area contributed by atoms with Gasteiger partial charge in [-0.1, -0.05) is 62.6 Å². The molecule has 0 aliphatic carbocycles. The minimum atomic E-state index is 0.574. The summed E-state index contributed by atoms with van der Waals surface area (Å²) in [5.74, 6) is 0. The number of hydrogen-bond donors (Lipinski definition) is 0. The molecular formula is C16H19ClN2. The van der Waals surface area contributed by atoms with Gasteiger partial charge in [0.2, 0.25) is 0 Å². The highest BCUT2D eigenvalue weighted by molar-refractivity contribution is 6.30. The average molecular weight is 275 g/mol. The molecule has 1 heterocycles. The lowest BCUT2D eigenvalue weighted by molar-refractivity contribution is 0.903. The van der Waals surface area contributed by atoms with Crippen LogP contribution < -0.4 is 0 Å². The SMILES string of the molecule is CCCc1ccc(-c2ncnc(Cl)c2CCC)cc1. The first-order chi connectivity index (χ1) is 9.26. The van der Waals surface area contributed by atoms with Crippen molar-refractivity contribution in [2.75, 3.05) is 0 Å². The smallest absolute Gasteiger partial charge is 0.136 e. The second kappa shape index (κ2) is 6.67. The molecule has 2 aromatic rings. The lowest BCUT2D eigenvalue weighted by Gasteiger charge is -2.09.